The number of fused-ring (bicyclic) bond motifs is 1. The van der Waals surface area contributed by atoms with Crippen molar-refractivity contribution in [1.82, 2.24) is 15.1 Å². The lowest BCUT2D eigenvalue weighted by Crippen LogP contribution is -2.36. The van der Waals surface area contributed by atoms with Crippen molar-refractivity contribution >= 4 is 11.9 Å². The van der Waals surface area contributed by atoms with Crippen molar-refractivity contribution < 1.29 is 9.53 Å². The van der Waals surface area contributed by atoms with Gasteiger partial charge in [-0.05, 0) is 64.0 Å². The smallest absolute Gasteiger partial charge is 0.410 e. The molecule has 132 valence electrons. The van der Waals surface area contributed by atoms with Crippen molar-refractivity contribution in [2.24, 2.45) is 11.8 Å². The van der Waals surface area contributed by atoms with Gasteiger partial charge in [0.25, 0.3) is 0 Å². The molecule has 0 unspecified atom stereocenters. The molecule has 1 N–H and O–H groups in total. The van der Waals surface area contributed by atoms with Crippen LogP contribution in [-0.4, -0.2) is 45.9 Å². The van der Waals surface area contributed by atoms with Crippen LogP contribution in [0.4, 0.5) is 10.6 Å². The molecule has 0 aromatic carbocycles. The fraction of sp³-hybridized carbons (Fsp3) is 0.722. The molecule has 0 spiro atoms. The van der Waals surface area contributed by atoms with Crippen molar-refractivity contribution in [2.75, 3.05) is 18.4 Å². The Morgan fingerprint density at radius 3 is 2.42 bits per heavy atom. The second kappa shape index (κ2) is 6.57. The zero-order valence-corrected chi connectivity index (χ0v) is 15.1. The number of likely N-dealkylation sites (tertiary alicyclic amines) is 1. The summed E-state index contributed by atoms with van der Waals surface area (Å²) in [5.74, 6) is 1.96. The molecule has 2 heterocycles. The Morgan fingerprint density at radius 2 is 1.92 bits per heavy atom. The quantitative estimate of drug-likeness (QED) is 0.921. The lowest BCUT2D eigenvalue weighted by atomic mass is 10.0. The lowest BCUT2D eigenvalue weighted by Gasteiger charge is -2.25. The monoisotopic (exact) mass is 332 g/mol. The summed E-state index contributed by atoms with van der Waals surface area (Å²) in [6.07, 6.45) is 2.87. The fourth-order valence-electron chi connectivity index (χ4n) is 3.73. The van der Waals surface area contributed by atoms with E-state index in [-0.39, 0.29) is 6.09 Å². The highest BCUT2D eigenvalue weighted by Gasteiger charge is 2.43. The van der Waals surface area contributed by atoms with Crippen molar-refractivity contribution in [3.8, 4) is 0 Å². The molecule has 1 amide bonds. The van der Waals surface area contributed by atoms with Gasteiger partial charge in [0.2, 0.25) is 0 Å². The van der Waals surface area contributed by atoms with Gasteiger partial charge in [0.1, 0.15) is 11.4 Å². The molecular weight excluding hydrogens is 304 g/mol. The predicted octanol–water partition coefficient (Wildman–Crippen LogP) is 3.10. The van der Waals surface area contributed by atoms with E-state index in [0.29, 0.717) is 17.9 Å². The second-order valence-electron chi connectivity index (χ2n) is 7.98. The molecule has 1 saturated carbocycles. The van der Waals surface area contributed by atoms with E-state index in [1.54, 1.807) is 0 Å². The first-order valence-corrected chi connectivity index (χ1v) is 8.91. The minimum Gasteiger partial charge on any atom is -0.444 e. The predicted molar refractivity (Wildman–Crippen MR) is 92.8 cm³/mol. The Balaban J connectivity index is 1.50. The summed E-state index contributed by atoms with van der Waals surface area (Å²) in [4.78, 5) is 14.1. The van der Waals surface area contributed by atoms with Gasteiger partial charge in [-0.2, -0.15) is 5.10 Å². The van der Waals surface area contributed by atoms with E-state index < -0.39 is 5.60 Å². The number of rotatable bonds is 3. The highest BCUT2D eigenvalue weighted by Crippen LogP contribution is 2.39. The number of aryl methyl sites for hydroxylation is 1. The Kier molecular flexibility index (Phi) is 4.65. The molecule has 6 nitrogen and oxygen atoms in total. The van der Waals surface area contributed by atoms with Crippen LogP contribution in [0, 0.1) is 11.8 Å². The third kappa shape index (κ3) is 3.97. The van der Waals surface area contributed by atoms with Gasteiger partial charge in [-0.15, -0.1) is 5.10 Å². The van der Waals surface area contributed by atoms with E-state index in [0.717, 1.165) is 43.9 Å². The maximum absolute atomic E-state index is 12.2. The maximum atomic E-state index is 12.2. The molecule has 2 aliphatic rings. The molecule has 6 heteroatoms. The van der Waals surface area contributed by atoms with E-state index in [1.165, 1.54) is 0 Å². The van der Waals surface area contributed by atoms with Crippen molar-refractivity contribution in [3.05, 3.63) is 17.8 Å². The van der Waals surface area contributed by atoms with Crippen LogP contribution in [0.1, 0.15) is 46.2 Å². The number of anilines is 1. The first-order chi connectivity index (χ1) is 11.3. The fourth-order valence-corrected chi connectivity index (χ4v) is 3.73. The Bertz CT molecular complexity index is 568. The highest BCUT2D eigenvalue weighted by molar-refractivity contribution is 5.68. The van der Waals surface area contributed by atoms with Crippen molar-refractivity contribution in [2.45, 2.75) is 58.6 Å². The zero-order chi connectivity index (χ0) is 17.3. The average molecular weight is 332 g/mol. The summed E-state index contributed by atoms with van der Waals surface area (Å²) in [5.41, 5.74) is 0.583. The van der Waals surface area contributed by atoms with Gasteiger partial charge in [0, 0.05) is 19.1 Å². The third-order valence-electron chi connectivity index (χ3n) is 4.84. The minimum atomic E-state index is -0.428. The first kappa shape index (κ1) is 17.0. The molecule has 1 aromatic heterocycles. The summed E-state index contributed by atoms with van der Waals surface area (Å²) in [6.45, 7) is 9.41. The summed E-state index contributed by atoms with van der Waals surface area (Å²) in [5, 5.41) is 11.9. The summed E-state index contributed by atoms with van der Waals surface area (Å²) in [6, 6.07) is 4.45. The number of ether oxygens (including phenoxy) is 1. The molecule has 2 fully saturated rings. The molecule has 1 aliphatic heterocycles. The largest absolute Gasteiger partial charge is 0.444 e. The van der Waals surface area contributed by atoms with Crippen LogP contribution in [0.25, 0.3) is 0 Å². The summed E-state index contributed by atoms with van der Waals surface area (Å²) < 4.78 is 5.48. The summed E-state index contributed by atoms with van der Waals surface area (Å²) in [7, 11) is 0. The van der Waals surface area contributed by atoms with Crippen molar-refractivity contribution in [3.63, 3.8) is 0 Å². The van der Waals surface area contributed by atoms with E-state index in [1.807, 2.05) is 37.8 Å². The summed E-state index contributed by atoms with van der Waals surface area (Å²) >= 11 is 0. The van der Waals surface area contributed by atoms with Gasteiger partial charge in [0.15, 0.2) is 0 Å². The van der Waals surface area contributed by atoms with Crippen LogP contribution in [0.5, 0.6) is 0 Å². The van der Waals surface area contributed by atoms with E-state index >= 15 is 0 Å². The molecule has 0 bridgehead atoms. The van der Waals surface area contributed by atoms with Crippen LogP contribution in [0.3, 0.4) is 0 Å². The molecule has 3 rings (SSSR count). The Labute approximate surface area is 144 Å². The van der Waals surface area contributed by atoms with Gasteiger partial charge in [-0.3, -0.25) is 0 Å². The highest BCUT2D eigenvalue weighted by atomic mass is 16.6. The van der Waals surface area contributed by atoms with E-state index in [4.69, 9.17) is 4.74 Å². The number of carbonyl (C=O) groups excluding carboxylic acids is 1. The van der Waals surface area contributed by atoms with Gasteiger partial charge in [-0.1, -0.05) is 6.92 Å². The van der Waals surface area contributed by atoms with Crippen molar-refractivity contribution in [1.29, 1.82) is 0 Å². The SMILES string of the molecule is CCc1ccc(N[C@H]2C[C@@H]3CN(C(=O)OC(C)(C)C)C[C@@H]3C2)nn1. The number of carbonyl (C=O) groups is 1. The maximum Gasteiger partial charge on any atom is 0.410 e. The van der Waals surface area contributed by atoms with Gasteiger partial charge >= 0.3 is 6.09 Å². The number of hydrogen-bond acceptors (Lipinski definition) is 5. The Hall–Kier alpha value is -1.85. The first-order valence-electron chi connectivity index (χ1n) is 8.91. The average Bonchev–Trinajstić information content (AvgIpc) is 3.04. The second-order valence-corrected chi connectivity index (χ2v) is 7.98. The van der Waals surface area contributed by atoms with Gasteiger partial charge < -0.3 is 15.0 Å². The van der Waals surface area contributed by atoms with Crippen LogP contribution in [0.15, 0.2) is 12.1 Å². The molecular formula is C18H28N4O2. The zero-order valence-electron chi connectivity index (χ0n) is 15.1. The number of aromatic nitrogens is 2. The van der Waals surface area contributed by atoms with Gasteiger partial charge in [0.05, 0.1) is 5.69 Å². The minimum absolute atomic E-state index is 0.178. The molecule has 1 saturated heterocycles. The Morgan fingerprint density at radius 1 is 1.25 bits per heavy atom. The molecule has 1 aliphatic carbocycles. The van der Waals surface area contributed by atoms with Gasteiger partial charge in [-0.25, -0.2) is 4.79 Å². The molecule has 1 aromatic rings. The van der Waals surface area contributed by atoms with E-state index in [9.17, 15) is 4.79 Å². The van der Waals surface area contributed by atoms with Crippen LogP contribution in [-0.2, 0) is 11.2 Å². The standard InChI is InChI=1S/C18H28N4O2/c1-5-14-6-7-16(21-20-14)19-15-8-12-10-22(11-13(12)9-15)17(23)24-18(2,3)4/h6-7,12-13,15H,5,8-11H2,1-4H3,(H,19,21)/t12-,13+,15+. The molecule has 0 radical (unpaired) electrons. The third-order valence-corrected chi connectivity index (χ3v) is 4.84. The topological polar surface area (TPSA) is 67.4 Å². The normalized spacial score (nSPS) is 26.3. The number of amides is 1. The number of hydrogen-bond donors (Lipinski definition) is 1. The lowest BCUT2D eigenvalue weighted by molar-refractivity contribution is 0.0280. The van der Waals surface area contributed by atoms with E-state index in [2.05, 4.69) is 22.4 Å². The van der Waals surface area contributed by atoms with Crippen LogP contribution < -0.4 is 5.32 Å². The number of nitrogens with zero attached hydrogens (tertiary/aromatic N) is 3. The van der Waals surface area contributed by atoms with Crippen LogP contribution in [0.2, 0.25) is 0 Å². The number of nitrogens with one attached hydrogen (secondary N) is 1. The van der Waals surface area contributed by atoms with Crippen LogP contribution >= 0.6 is 0 Å². The molecule has 3 atom stereocenters. The molecule has 24 heavy (non-hydrogen) atoms.